The molecule has 0 spiro atoms. The van der Waals surface area contributed by atoms with Crippen molar-refractivity contribution in [3.63, 3.8) is 0 Å². The average Bonchev–Trinajstić information content (AvgIpc) is 2.47. The molecule has 0 bridgehead atoms. The predicted octanol–water partition coefficient (Wildman–Crippen LogP) is 0.893. The molecule has 1 aromatic rings. The number of benzene rings is 1. The first-order valence-electron chi connectivity index (χ1n) is 7.55. The van der Waals surface area contributed by atoms with Gasteiger partial charge in [-0.05, 0) is 44.0 Å². The van der Waals surface area contributed by atoms with Gasteiger partial charge in [0, 0.05) is 24.2 Å². The number of hydrogen-bond donors (Lipinski definition) is 2. The maximum Gasteiger partial charge on any atom is 0.248 e. The molecule has 6 nitrogen and oxygen atoms in total. The van der Waals surface area contributed by atoms with Gasteiger partial charge in [-0.25, -0.2) is 0 Å². The van der Waals surface area contributed by atoms with Gasteiger partial charge < -0.3 is 21.1 Å². The Bertz CT molecular complexity index is 530. The predicted molar refractivity (Wildman–Crippen MR) is 83.5 cm³/mol. The Morgan fingerprint density at radius 3 is 2.59 bits per heavy atom. The highest BCUT2D eigenvalue weighted by atomic mass is 16.5. The standard InChI is InChI=1S/C16H23N3O3/c1-11-10-13(17)6-8-19(11)15(20)7-9-22-14-4-2-12(3-5-14)16(18)21/h2-5,11,13H,6-10,17H2,1H3,(H2,18,21)/t11-,13+/m0/s1. The number of ether oxygens (including phenoxy) is 1. The Kier molecular flexibility index (Phi) is 5.38. The highest BCUT2D eigenvalue weighted by Crippen LogP contribution is 2.17. The quantitative estimate of drug-likeness (QED) is 0.844. The molecule has 1 fully saturated rings. The van der Waals surface area contributed by atoms with Gasteiger partial charge in [0.15, 0.2) is 0 Å². The molecule has 2 rings (SSSR count). The summed E-state index contributed by atoms with van der Waals surface area (Å²) in [7, 11) is 0. The first-order valence-corrected chi connectivity index (χ1v) is 7.55. The van der Waals surface area contributed by atoms with Crippen LogP contribution in [0, 0.1) is 0 Å². The van der Waals surface area contributed by atoms with Gasteiger partial charge in [-0.1, -0.05) is 0 Å². The number of carbonyl (C=O) groups excluding carboxylic acids is 2. The van der Waals surface area contributed by atoms with E-state index in [0.717, 1.165) is 12.8 Å². The third-order valence-corrected chi connectivity index (χ3v) is 3.96. The Morgan fingerprint density at radius 1 is 1.32 bits per heavy atom. The van der Waals surface area contributed by atoms with Crippen LogP contribution in [0.5, 0.6) is 5.75 Å². The van der Waals surface area contributed by atoms with Crippen LogP contribution >= 0.6 is 0 Å². The van der Waals surface area contributed by atoms with Gasteiger partial charge in [0.25, 0.3) is 0 Å². The first-order chi connectivity index (χ1) is 10.5. The Morgan fingerprint density at radius 2 is 2.00 bits per heavy atom. The van der Waals surface area contributed by atoms with Crippen LogP contribution in [0.25, 0.3) is 0 Å². The molecule has 1 aromatic carbocycles. The van der Waals surface area contributed by atoms with Crippen LogP contribution in [0.1, 0.15) is 36.5 Å². The molecule has 0 radical (unpaired) electrons. The molecular formula is C16H23N3O3. The van der Waals surface area contributed by atoms with E-state index in [2.05, 4.69) is 0 Å². The number of carbonyl (C=O) groups is 2. The molecule has 6 heteroatoms. The second-order valence-electron chi connectivity index (χ2n) is 5.71. The van der Waals surface area contributed by atoms with E-state index < -0.39 is 5.91 Å². The van der Waals surface area contributed by atoms with Crippen molar-refractivity contribution < 1.29 is 14.3 Å². The smallest absolute Gasteiger partial charge is 0.248 e. The molecule has 0 saturated carbocycles. The topological polar surface area (TPSA) is 98.7 Å². The van der Waals surface area contributed by atoms with E-state index in [-0.39, 0.29) is 18.0 Å². The monoisotopic (exact) mass is 305 g/mol. The molecule has 0 aromatic heterocycles. The second kappa shape index (κ2) is 7.26. The second-order valence-corrected chi connectivity index (χ2v) is 5.71. The van der Waals surface area contributed by atoms with Crippen molar-refractivity contribution in [2.45, 2.75) is 38.3 Å². The molecule has 4 N–H and O–H groups in total. The summed E-state index contributed by atoms with van der Waals surface area (Å²) in [6, 6.07) is 6.94. The molecule has 0 unspecified atom stereocenters. The summed E-state index contributed by atoms with van der Waals surface area (Å²) in [5, 5.41) is 0. The summed E-state index contributed by atoms with van der Waals surface area (Å²) in [6.07, 6.45) is 2.03. The van der Waals surface area contributed by atoms with Gasteiger partial charge in [-0.2, -0.15) is 0 Å². The number of rotatable bonds is 5. The van der Waals surface area contributed by atoms with E-state index in [9.17, 15) is 9.59 Å². The summed E-state index contributed by atoms with van der Waals surface area (Å²) >= 11 is 0. The Labute approximate surface area is 130 Å². The van der Waals surface area contributed by atoms with Crippen LogP contribution < -0.4 is 16.2 Å². The molecule has 1 aliphatic heterocycles. The summed E-state index contributed by atoms with van der Waals surface area (Å²) < 4.78 is 5.53. The van der Waals surface area contributed by atoms with E-state index >= 15 is 0 Å². The average molecular weight is 305 g/mol. The molecule has 1 aliphatic rings. The van der Waals surface area contributed by atoms with Gasteiger partial charge in [-0.15, -0.1) is 0 Å². The Hall–Kier alpha value is -2.08. The van der Waals surface area contributed by atoms with E-state index in [0.29, 0.717) is 30.9 Å². The number of amides is 2. The lowest BCUT2D eigenvalue weighted by atomic mass is 9.99. The van der Waals surface area contributed by atoms with Crippen LogP contribution in [-0.4, -0.2) is 41.9 Å². The minimum absolute atomic E-state index is 0.0909. The normalized spacial score (nSPS) is 21.5. The lowest BCUT2D eigenvalue weighted by Crippen LogP contribution is -2.48. The first kappa shape index (κ1) is 16.3. The van der Waals surface area contributed by atoms with Crippen LogP contribution in [-0.2, 0) is 4.79 Å². The van der Waals surface area contributed by atoms with Gasteiger partial charge in [0.05, 0.1) is 13.0 Å². The number of hydrogen-bond acceptors (Lipinski definition) is 4. The number of piperidine rings is 1. The SMILES string of the molecule is C[C@H]1C[C@H](N)CCN1C(=O)CCOc1ccc(C(N)=O)cc1. The van der Waals surface area contributed by atoms with E-state index in [1.807, 2.05) is 11.8 Å². The largest absolute Gasteiger partial charge is 0.493 e. The molecule has 2 atom stereocenters. The summed E-state index contributed by atoms with van der Waals surface area (Å²) in [5.74, 6) is 0.235. The van der Waals surface area contributed by atoms with Crippen LogP contribution in [0.4, 0.5) is 0 Å². The van der Waals surface area contributed by atoms with Crippen molar-refractivity contribution in [2.24, 2.45) is 11.5 Å². The third-order valence-electron chi connectivity index (χ3n) is 3.96. The maximum atomic E-state index is 12.2. The van der Waals surface area contributed by atoms with Gasteiger partial charge in [-0.3, -0.25) is 9.59 Å². The fraction of sp³-hybridized carbons (Fsp3) is 0.500. The van der Waals surface area contributed by atoms with Gasteiger partial charge >= 0.3 is 0 Å². The molecule has 22 heavy (non-hydrogen) atoms. The molecular weight excluding hydrogens is 282 g/mol. The van der Waals surface area contributed by atoms with E-state index in [1.54, 1.807) is 24.3 Å². The number of likely N-dealkylation sites (tertiary alicyclic amines) is 1. The van der Waals surface area contributed by atoms with Crippen LogP contribution in [0.15, 0.2) is 24.3 Å². The van der Waals surface area contributed by atoms with Crippen molar-refractivity contribution >= 4 is 11.8 Å². The van der Waals surface area contributed by atoms with Crippen LogP contribution in [0.2, 0.25) is 0 Å². The van der Waals surface area contributed by atoms with Gasteiger partial charge in [0.2, 0.25) is 11.8 Å². The van der Waals surface area contributed by atoms with Crippen LogP contribution in [0.3, 0.4) is 0 Å². The fourth-order valence-electron chi connectivity index (χ4n) is 2.69. The molecule has 1 heterocycles. The number of nitrogens with two attached hydrogens (primary N) is 2. The van der Waals surface area contributed by atoms with Crippen molar-refractivity contribution in [1.82, 2.24) is 4.90 Å². The van der Waals surface area contributed by atoms with Crippen molar-refractivity contribution in [2.75, 3.05) is 13.2 Å². The summed E-state index contributed by atoms with van der Waals surface area (Å²) in [6.45, 7) is 3.05. The molecule has 120 valence electrons. The van der Waals surface area contributed by atoms with Crippen molar-refractivity contribution in [3.8, 4) is 5.75 Å². The maximum absolute atomic E-state index is 12.2. The zero-order valence-electron chi connectivity index (χ0n) is 12.8. The highest BCUT2D eigenvalue weighted by molar-refractivity contribution is 5.92. The fourth-order valence-corrected chi connectivity index (χ4v) is 2.69. The Balaban J connectivity index is 1.78. The summed E-state index contributed by atoms with van der Waals surface area (Å²) in [5.41, 5.74) is 11.5. The lowest BCUT2D eigenvalue weighted by molar-refractivity contribution is -0.135. The molecule has 0 aliphatic carbocycles. The highest BCUT2D eigenvalue weighted by Gasteiger charge is 2.26. The third kappa shape index (κ3) is 4.21. The molecule has 2 amide bonds. The summed E-state index contributed by atoms with van der Waals surface area (Å²) in [4.78, 5) is 25.0. The zero-order valence-corrected chi connectivity index (χ0v) is 12.8. The minimum Gasteiger partial charge on any atom is -0.493 e. The van der Waals surface area contributed by atoms with Crippen molar-refractivity contribution in [3.05, 3.63) is 29.8 Å². The number of primary amides is 1. The van der Waals surface area contributed by atoms with E-state index in [1.165, 1.54) is 0 Å². The minimum atomic E-state index is -0.473. The lowest BCUT2D eigenvalue weighted by Gasteiger charge is -2.36. The van der Waals surface area contributed by atoms with E-state index in [4.69, 9.17) is 16.2 Å². The van der Waals surface area contributed by atoms with Crippen molar-refractivity contribution in [1.29, 1.82) is 0 Å². The van der Waals surface area contributed by atoms with Gasteiger partial charge in [0.1, 0.15) is 5.75 Å². The number of nitrogens with zero attached hydrogens (tertiary/aromatic N) is 1. The molecule has 1 saturated heterocycles. The zero-order chi connectivity index (χ0) is 16.1.